The van der Waals surface area contributed by atoms with E-state index >= 15 is 0 Å². The lowest BCUT2D eigenvalue weighted by atomic mass is 10.3. The molecule has 0 atom stereocenters. The van der Waals surface area contributed by atoms with Crippen LogP contribution in [-0.4, -0.2) is 11.5 Å². The topological polar surface area (TPSA) is 61.6 Å². The van der Waals surface area contributed by atoms with Crippen molar-refractivity contribution >= 4 is 0 Å². The molecule has 0 unspecified atom stereocenters. The van der Waals surface area contributed by atoms with Gasteiger partial charge in [-0.2, -0.15) is 0 Å². The maximum atomic E-state index is 10.2. The van der Waals surface area contributed by atoms with Gasteiger partial charge in [-0.15, -0.1) is 0 Å². The summed E-state index contributed by atoms with van der Waals surface area (Å²) < 4.78 is 10.4. The van der Waals surface area contributed by atoms with E-state index in [0.29, 0.717) is 11.5 Å². The van der Waals surface area contributed by atoms with Crippen molar-refractivity contribution in [3.8, 4) is 11.5 Å². The Morgan fingerprint density at radius 2 is 2.00 bits per heavy atom. The number of nitro groups is 1. The van der Waals surface area contributed by atoms with Gasteiger partial charge >= 0.3 is 0 Å². The van der Waals surface area contributed by atoms with E-state index in [4.69, 9.17) is 9.47 Å². The summed E-state index contributed by atoms with van der Waals surface area (Å²) in [5.41, 5.74) is 0. The summed E-state index contributed by atoms with van der Waals surface area (Å²) in [4.78, 5) is 9.74. The summed E-state index contributed by atoms with van der Waals surface area (Å²) in [6, 6.07) is 7.00. The average Bonchev–Trinajstić information content (AvgIpc) is 2.17. The smallest absolute Gasteiger partial charge is 0.263 e. The normalized spacial score (nSPS) is 13.3. The predicted molar refractivity (Wildman–Crippen MR) is 47.6 cm³/mol. The van der Waals surface area contributed by atoms with Crippen molar-refractivity contribution in [3.05, 3.63) is 46.4 Å². The third-order valence-electron chi connectivity index (χ3n) is 1.69. The van der Waals surface area contributed by atoms with Crippen LogP contribution in [0, 0.1) is 10.1 Å². The van der Waals surface area contributed by atoms with Gasteiger partial charge < -0.3 is 9.47 Å². The Bertz CT molecular complexity index is 400. The molecule has 1 aromatic rings. The zero-order valence-electron chi connectivity index (χ0n) is 7.17. The van der Waals surface area contributed by atoms with Crippen molar-refractivity contribution in [2.45, 2.75) is 0 Å². The number of benzene rings is 1. The first-order valence-corrected chi connectivity index (χ1v) is 4.00. The Morgan fingerprint density at radius 1 is 1.29 bits per heavy atom. The lowest BCUT2D eigenvalue weighted by Crippen LogP contribution is -2.13. The summed E-state index contributed by atoms with van der Waals surface area (Å²) in [7, 11) is 0. The number of nitrogens with zero attached hydrogens (tertiary/aromatic N) is 1. The van der Waals surface area contributed by atoms with Crippen molar-refractivity contribution in [1.29, 1.82) is 0 Å². The first kappa shape index (κ1) is 8.55. The Balaban J connectivity index is 2.17. The van der Waals surface area contributed by atoms with Gasteiger partial charge in [0.15, 0.2) is 11.5 Å². The van der Waals surface area contributed by atoms with Crippen LogP contribution in [0.5, 0.6) is 11.5 Å². The molecule has 0 spiro atoms. The summed E-state index contributed by atoms with van der Waals surface area (Å²) in [5, 5.41) is 10.2. The fraction of sp³-hybridized carbons (Fsp3) is 0.111. The van der Waals surface area contributed by atoms with E-state index in [0.717, 1.165) is 0 Å². The predicted octanol–water partition coefficient (Wildman–Crippen LogP) is 1.58. The molecule has 0 saturated carbocycles. The second-order valence-electron chi connectivity index (χ2n) is 2.74. The van der Waals surface area contributed by atoms with Gasteiger partial charge in [0.05, 0.1) is 0 Å². The highest BCUT2D eigenvalue weighted by molar-refractivity contribution is 5.42. The van der Waals surface area contributed by atoms with E-state index in [2.05, 4.69) is 0 Å². The van der Waals surface area contributed by atoms with E-state index in [-0.39, 0.29) is 12.3 Å². The molecule has 14 heavy (non-hydrogen) atoms. The van der Waals surface area contributed by atoms with Crippen molar-refractivity contribution in [2.24, 2.45) is 0 Å². The number of rotatable bonds is 2. The molecule has 1 aliphatic heterocycles. The number of hydrogen-bond acceptors (Lipinski definition) is 4. The van der Waals surface area contributed by atoms with Gasteiger partial charge in [-0.05, 0) is 12.1 Å². The first-order valence-electron chi connectivity index (χ1n) is 4.00. The molecule has 0 aromatic heterocycles. The second-order valence-corrected chi connectivity index (χ2v) is 2.74. The fourth-order valence-corrected chi connectivity index (χ4v) is 1.12. The summed E-state index contributed by atoms with van der Waals surface area (Å²) in [6.45, 7) is -0.367. The number of hydrogen-bond donors (Lipinski definition) is 0. The maximum absolute atomic E-state index is 10.2. The zero-order chi connectivity index (χ0) is 9.97. The lowest BCUT2D eigenvalue weighted by molar-refractivity contribution is -0.474. The Hall–Kier alpha value is -2.04. The van der Waals surface area contributed by atoms with Gasteiger partial charge in [-0.25, -0.2) is 0 Å². The van der Waals surface area contributed by atoms with Crippen molar-refractivity contribution < 1.29 is 14.4 Å². The molecule has 0 N–H and O–H groups in total. The van der Waals surface area contributed by atoms with Crippen molar-refractivity contribution in [1.82, 2.24) is 0 Å². The van der Waals surface area contributed by atoms with Gasteiger partial charge in [0.25, 0.3) is 6.54 Å². The first-order chi connectivity index (χ1) is 6.75. The molecule has 1 heterocycles. The number of ether oxygens (including phenoxy) is 2. The van der Waals surface area contributed by atoms with Crippen LogP contribution in [0.4, 0.5) is 0 Å². The van der Waals surface area contributed by atoms with Crippen LogP contribution >= 0.6 is 0 Å². The summed E-state index contributed by atoms with van der Waals surface area (Å²) >= 11 is 0. The molecule has 1 aliphatic rings. The van der Waals surface area contributed by atoms with Crippen molar-refractivity contribution in [2.75, 3.05) is 6.54 Å². The van der Waals surface area contributed by atoms with Crippen LogP contribution in [0.2, 0.25) is 0 Å². The number of para-hydroxylation sites is 2. The van der Waals surface area contributed by atoms with Gasteiger partial charge in [-0.3, -0.25) is 10.1 Å². The monoisotopic (exact) mass is 193 g/mol. The Labute approximate surface area is 79.7 Å². The summed E-state index contributed by atoms with van der Waals surface area (Å²) in [5.74, 6) is 1.28. The second kappa shape index (κ2) is 3.37. The molecule has 0 saturated heterocycles. The minimum absolute atomic E-state index is 0.203. The van der Waals surface area contributed by atoms with Crippen LogP contribution in [0.25, 0.3) is 0 Å². The SMILES string of the molecule is O=[N+]([O-])CC1=COc2ccccc2O1. The third kappa shape index (κ3) is 1.66. The largest absolute Gasteiger partial charge is 0.457 e. The standard InChI is InChI=1S/C9H7NO4/c11-10(12)5-7-6-13-8-3-1-2-4-9(8)14-7/h1-4,6H,5H2. The highest BCUT2D eigenvalue weighted by atomic mass is 16.6. The molecular weight excluding hydrogens is 186 g/mol. The molecule has 0 bridgehead atoms. The molecule has 1 aromatic carbocycles. The molecule has 2 rings (SSSR count). The molecule has 0 fully saturated rings. The number of fused-ring (bicyclic) bond motifs is 1. The fourth-order valence-electron chi connectivity index (χ4n) is 1.12. The van der Waals surface area contributed by atoms with E-state index in [1.807, 2.05) is 0 Å². The molecule has 5 nitrogen and oxygen atoms in total. The van der Waals surface area contributed by atoms with E-state index in [1.54, 1.807) is 24.3 Å². The van der Waals surface area contributed by atoms with Gasteiger partial charge in [0.1, 0.15) is 6.26 Å². The zero-order valence-corrected chi connectivity index (χ0v) is 7.17. The van der Waals surface area contributed by atoms with Crippen LogP contribution in [0.3, 0.4) is 0 Å². The van der Waals surface area contributed by atoms with E-state index < -0.39 is 4.92 Å². The molecule has 0 aliphatic carbocycles. The van der Waals surface area contributed by atoms with Crippen LogP contribution in [0.1, 0.15) is 0 Å². The highest BCUT2D eigenvalue weighted by Crippen LogP contribution is 2.31. The average molecular weight is 193 g/mol. The van der Waals surface area contributed by atoms with E-state index in [1.165, 1.54) is 6.26 Å². The summed E-state index contributed by atoms with van der Waals surface area (Å²) in [6.07, 6.45) is 1.26. The molecule has 0 radical (unpaired) electrons. The lowest BCUT2D eigenvalue weighted by Gasteiger charge is -2.15. The minimum atomic E-state index is -0.469. The van der Waals surface area contributed by atoms with E-state index in [9.17, 15) is 10.1 Å². The maximum Gasteiger partial charge on any atom is 0.263 e. The molecular formula is C9H7NO4. The van der Waals surface area contributed by atoms with Gasteiger partial charge in [0, 0.05) is 4.92 Å². The van der Waals surface area contributed by atoms with Crippen LogP contribution in [0.15, 0.2) is 36.3 Å². The molecule has 0 amide bonds. The Morgan fingerprint density at radius 3 is 2.71 bits per heavy atom. The highest BCUT2D eigenvalue weighted by Gasteiger charge is 2.16. The third-order valence-corrected chi connectivity index (χ3v) is 1.69. The van der Waals surface area contributed by atoms with Gasteiger partial charge in [0.2, 0.25) is 5.76 Å². The van der Waals surface area contributed by atoms with Crippen LogP contribution in [-0.2, 0) is 0 Å². The minimum Gasteiger partial charge on any atom is -0.457 e. The van der Waals surface area contributed by atoms with Gasteiger partial charge in [-0.1, -0.05) is 12.1 Å². The van der Waals surface area contributed by atoms with Crippen LogP contribution < -0.4 is 9.47 Å². The van der Waals surface area contributed by atoms with Crippen molar-refractivity contribution in [3.63, 3.8) is 0 Å². The quantitative estimate of drug-likeness (QED) is 0.528. The molecule has 5 heteroatoms. The molecule has 72 valence electrons. The Kier molecular flexibility index (Phi) is 2.06.